The summed E-state index contributed by atoms with van der Waals surface area (Å²) in [5.41, 5.74) is 1.59. The van der Waals surface area contributed by atoms with Gasteiger partial charge in [-0.15, -0.1) is 0 Å². The summed E-state index contributed by atoms with van der Waals surface area (Å²) in [5, 5.41) is 9.30. The number of ether oxygens (including phenoxy) is 1. The Labute approximate surface area is 136 Å². The molecule has 0 spiro atoms. The summed E-state index contributed by atoms with van der Waals surface area (Å²) in [6.45, 7) is 0.664. The number of hydrogen-bond acceptors (Lipinski definition) is 5. The first-order chi connectivity index (χ1) is 11.1. The number of nitrogens with zero attached hydrogens (tertiary/aromatic N) is 1. The van der Waals surface area contributed by atoms with Crippen LogP contribution < -0.4 is 15.5 Å². The highest BCUT2D eigenvalue weighted by Crippen LogP contribution is 2.50. The smallest absolute Gasteiger partial charge is 0.302 e. The number of hydroxylamine groups is 1. The second-order valence-corrected chi connectivity index (χ2v) is 7.77. The molecule has 1 aromatic rings. The Balaban J connectivity index is 2.33. The monoisotopic (exact) mass is 342 g/mol. The van der Waals surface area contributed by atoms with Crippen LogP contribution in [-0.4, -0.2) is 42.6 Å². The Morgan fingerprint density at radius 1 is 1.30 bits per heavy atom. The predicted molar refractivity (Wildman–Crippen MR) is 86.2 cm³/mol. The van der Waals surface area contributed by atoms with Gasteiger partial charge in [0.25, 0.3) is 5.91 Å². The molecule has 1 unspecified atom stereocenters. The largest absolute Gasteiger partial charge is 0.497 e. The number of carbonyl (C=O) groups is 1. The van der Waals surface area contributed by atoms with Crippen molar-refractivity contribution < 1.29 is 23.8 Å². The number of methoxy groups -OCH3 is 1. The normalized spacial score (nSPS) is 23.4. The zero-order valence-electron chi connectivity index (χ0n) is 13.2. The van der Waals surface area contributed by atoms with Gasteiger partial charge in [-0.1, -0.05) is 12.8 Å². The Morgan fingerprint density at radius 2 is 2.00 bits per heavy atom. The van der Waals surface area contributed by atoms with Gasteiger partial charge in [-0.05, 0) is 37.1 Å². The van der Waals surface area contributed by atoms with Crippen molar-refractivity contribution >= 4 is 18.7 Å². The summed E-state index contributed by atoms with van der Waals surface area (Å²) in [6, 6.07) is 6.83. The van der Waals surface area contributed by atoms with Crippen LogP contribution in [0.5, 0.6) is 5.75 Å². The minimum Gasteiger partial charge on any atom is -0.497 e. The maximum atomic E-state index is 13.5. The van der Waals surface area contributed by atoms with E-state index < -0.39 is 13.4 Å². The molecule has 23 heavy (non-hydrogen) atoms. The molecule has 1 fully saturated rings. The number of benzene rings is 1. The first kappa shape index (κ1) is 17.9. The Kier molecular flexibility index (Phi) is 6.59. The minimum atomic E-state index is -3.37. The highest BCUT2D eigenvalue weighted by Gasteiger charge is 2.35. The number of nitrogens with one attached hydrogen (secondary N) is 1. The van der Waals surface area contributed by atoms with Crippen LogP contribution in [0.25, 0.3) is 0 Å². The summed E-state index contributed by atoms with van der Waals surface area (Å²) in [7, 11) is -1.81. The Bertz CT molecular complexity index is 563. The van der Waals surface area contributed by atoms with E-state index in [9.17, 15) is 9.36 Å². The second kappa shape index (κ2) is 8.45. The second-order valence-electron chi connectivity index (χ2n) is 5.39. The van der Waals surface area contributed by atoms with Gasteiger partial charge in [0.2, 0.25) is 0 Å². The molecule has 1 atom stereocenters. The van der Waals surface area contributed by atoms with Crippen LogP contribution in [0.1, 0.15) is 25.7 Å². The van der Waals surface area contributed by atoms with Crippen molar-refractivity contribution in [1.82, 2.24) is 10.2 Å². The molecule has 1 amide bonds. The quantitative estimate of drug-likeness (QED) is 0.494. The van der Waals surface area contributed by atoms with E-state index in [2.05, 4.69) is 0 Å². The topological polar surface area (TPSA) is 88.1 Å². The molecule has 0 bridgehead atoms. The van der Waals surface area contributed by atoms with E-state index in [4.69, 9.17) is 14.5 Å². The summed E-state index contributed by atoms with van der Waals surface area (Å²) in [4.78, 5) is 11.6. The third-order valence-electron chi connectivity index (χ3n) is 3.80. The molecule has 1 saturated heterocycles. The predicted octanol–water partition coefficient (Wildman–Crippen LogP) is 1.91. The minimum absolute atomic E-state index is 0.181. The molecular weight excluding hydrogens is 319 g/mol. The van der Waals surface area contributed by atoms with E-state index in [1.54, 1.807) is 36.9 Å². The van der Waals surface area contributed by atoms with Gasteiger partial charge in [0.05, 0.1) is 25.6 Å². The van der Waals surface area contributed by atoms with Crippen LogP contribution in [0.4, 0.5) is 0 Å². The molecule has 1 aliphatic heterocycles. The van der Waals surface area contributed by atoms with E-state index in [0.717, 1.165) is 25.7 Å². The van der Waals surface area contributed by atoms with Crippen LogP contribution in [0.15, 0.2) is 24.3 Å². The summed E-state index contributed by atoms with van der Waals surface area (Å²) in [6.07, 6.45) is 3.65. The van der Waals surface area contributed by atoms with Gasteiger partial charge < -0.3 is 9.26 Å². The highest BCUT2D eigenvalue weighted by atomic mass is 31.2. The van der Waals surface area contributed by atoms with Crippen molar-refractivity contribution in [3.05, 3.63) is 24.3 Å². The fourth-order valence-electron chi connectivity index (χ4n) is 2.53. The average Bonchev–Trinajstić information content (AvgIpc) is 2.67. The molecule has 1 aromatic carbocycles. The summed E-state index contributed by atoms with van der Waals surface area (Å²) < 4.78 is 25.9. The third-order valence-corrected chi connectivity index (χ3v) is 6.37. The number of hydrogen-bond donors (Lipinski definition) is 2. The summed E-state index contributed by atoms with van der Waals surface area (Å²) in [5.74, 6) is 0.0471. The maximum absolute atomic E-state index is 13.5. The van der Waals surface area contributed by atoms with Crippen LogP contribution in [0, 0.1) is 0 Å². The molecule has 2 rings (SSSR count). The first-order valence-electron chi connectivity index (χ1n) is 7.67. The maximum Gasteiger partial charge on any atom is 0.302 e. The first-order valence-corrected chi connectivity index (χ1v) is 9.25. The highest BCUT2D eigenvalue weighted by molar-refractivity contribution is 7.64. The molecule has 2 N–H and O–H groups in total. The van der Waals surface area contributed by atoms with Crippen molar-refractivity contribution in [2.45, 2.75) is 25.7 Å². The molecular formula is C15H23N2O5P. The lowest BCUT2D eigenvalue weighted by molar-refractivity contribution is -0.129. The molecule has 7 nitrogen and oxygen atoms in total. The zero-order chi connectivity index (χ0) is 16.7. The average molecular weight is 342 g/mol. The standard InChI is InChI=1S/C15H23N2O5P/c1-21-13-6-8-14(9-7-13)23(20)17(12-15(18)16-19)10-4-2-3-5-11-22-23/h6-9,19H,2-5,10-12H2,1H3,(H,16,18). The Hall–Kier alpha value is -1.40. The number of amides is 1. The summed E-state index contributed by atoms with van der Waals surface area (Å²) >= 11 is 0. The molecule has 8 heteroatoms. The number of rotatable bonds is 4. The van der Waals surface area contributed by atoms with Crippen LogP contribution >= 0.6 is 7.52 Å². The molecule has 0 aromatic heterocycles. The van der Waals surface area contributed by atoms with Gasteiger partial charge in [-0.3, -0.25) is 14.6 Å². The van der Waals surface area contributed by atoms with E-state index >= 15 is 0 Å². The molecule has 0 saturated carbocycles. The molecule has 0 radical (unpaired) electrons. The van der Waals surface area contributed by atoms with Gasteiger partial charge in [-0.2, -0.15) is 0 Å². The molecule has 1 heterocycles. The van der Waals surface area contributed by atoms with Crippen LogP contribution in [0.2, 0.25) is 0 Å². The zero-order valence-corrected chi connectivity index (χ0v) is 14.1. The molecule has 1 aliphatic rings. The van der Waals surface area contributed by atoms with Crippen molar-refractivity contribution in [2.75, 3.05) is 26.8 Å². The van der Waals surface area contributed by atoms with Gasteiger partial charge >= 0.3 is 7.52 Å². The third kappa shape index (κ3) is 4.54. The SMILES string of the molecule is COc1ccc(P2(=O)OCCCCCCN2CC(=O)NO)cc1. The van der Waals surface area contributed by atoms with E-state index in [1.165, 1.54) is 4.67 Å². The van der Waals surface area contributed by atoms with Crippen molar-refractivity contribution in [3.8, 4) is 5.75 Å². The van der Waals surface area contributed by atoms with Gasteiger partial charge in [-0.25, -0.2) is 10.2 Å². The molecule has 0 aliphatic carbocycles. The lowest BCUT2D eigenvalue weighted by atomic mass is 10.2. The number of carbonyl (C=O) groups excluding carboxylic acids is 1. The van der Waals surface area contributed by atoms with Crippen LogP contribution in [-0.2, 0) is 13.9 Å². The molecule has 128 valence electrons. The fourth-order valence-corrected chi connectivity index (χ4v) is 4.79. The van der Waals surface area contributed by atoms with Crippen molar-refractivity contribution in [3.63, 3.8) is 0 Å². The van der Waals surface area contributed by atoms with Crippen molar-refractivity contribution in [1.29, 1.82) is 0 Å². The van der Waals surface area contributed by atoms with Gasteiger partial charge in [0, 0.05) is 6.54 Å². The van der Waals surface area contributed by atoms with Gasteiger partial charge in [0.1, 0.15) is 5.75 Å². The Morgan fingerprint density at radius 3 is 2.65 bits per heavy atom. The fraction of sp³-hybridized carbons (Fsp3) is 0.533. The lowest BCUT2D eigenvalue weighted by Gasteiger charge is -2.30. The van der Waals surface area contributed by atoms with E-state index in [-0.39, 0.29) is 6.54 Å². The lowest BCUT2D eigenvalue weighted by Crippen LogP contribution is -2.37. The van der Waals surface area contributed by atoms with Crippen molar-refractivity contribution in [2.24, 2.45) is 0 Å². The van der Waals surface area contributed by atoms with Crippen LogP contribution in [0.3, 0.4) is 0 Å². The van der Waals surface area contributed by atoms with E-state index in [1.807, 2.05) is 0 Å². The van der Waals surface area contributed by atoms with Gasteiger partial charge in [0.15, 0.2) is 0 Å². The van der Waals surface area contributed by atoms with E-state index in [0.29, 0.717) is 24.2 Å².